The van der Waals surface area contributed by atoms with E-state index >= 15 is 0 Å². The minimum absolute atomic E-state index is 0.570. The summed E-state index contributed by atoms with van der Waals surface area (Å²) in [6, 6.07) is 8.10. The largest absolute Gasteiger partial charge is 0.387 e. The van der Waals surface area contributed by atoms with Crippen LogP contribution < -0.4 is 11.5 Å². The Bertz CT molecular complexity index is 318. The zero-order valence-electron chi connectivity index (χ0n) is 8.53. The zero-order valence-corrected chi connectivity index (χ0v) is 8.53. The van der Waals surface area contributed by atoms with Gasteiger partial charge in [-0.2, -0.15) is 0 Å². The summed E-state index contributed by atoms with van der Waals surface area (Å²) in [5, 5.41) is 0. The van der Waals surface area contributed by atoms with Crippen LogP contribution in [0.15, 0.2) is 29.3 Å². The van der Waals surface area contributed by atoms with Gasteiger partial charge in [-0.05, 0) is 11.1 Å². The molecule has 0 radical (unpaired) electrons. The molecular formula is C11H17N3. The summed E-state index contributed by atoms with van der Waals surface area (Å²) in [5.74, 6) is 0.697. The van der Waals surface area contributed by atoms with Crippen molar-refractivity contribution in [3.8, 4) is 0 Å². The van der Waals surface area contributed by atoms with Crippen molar-refractivity contribution in [3.63, 3.8) is 0 Å². The molecule has 0 spiro atoms. The summed E-state index contributed by atoms with van der Waals surface area (Å²) in [6.45, 7) is 3.21. The quantitative estimate of drug-likeness (QED) is 0.558. The van der Waals surface area contributed by atoms with Crippen LogP contribution in [-0.2, 0) is 13.1 Å². The minimum atomic E-state index is 0.570. The average Bonchev–Trinajstić information content (AvgIpc) is 2.26. The van der Waals surface area contributed by atoms with Crippen molar-refractivity contribution < 1.29 is 0 Å². The molecule has 0 heterocycles. The topological polar surface area (TPSA) is 64.4 Å². The van der Waals surface area contributed by atoms with Crippen molar-refractivity contribution in [1.29, 1.82) is 0 Å². The highest BCUT2D eigenvalue weighted by Crippen LogP contribution is 2.05. The maximum Gasteiger partial charge on any atom is 0.0938 e. The molecule has 0 aliphatic rings. The lowest BCUT2D eigenvalue weighted by molar-refractivity contribution is 1.01. The van der Waals surface area contributed by atoms with Gasteiger partial charge in [0.25, 0.3) is 0 Å². The number of amidine groups is 1. The van der Waals surface area contributed by atoms with Crippen molar-refractivity contribution in [2.24, 2.45) is 16.5 Å². The van der Waals surface area contributed by atoms with Gasteiger partial charge >= 0.3 is 0 Å². The first kappa shape index (κ1) is 10.7. The number of benzene rings is 1. The smallest absolute Gasteiger partial charge is 0.0938 e. The third-order valence-corrected chi connectivity index (χ3v) is 2.05. The van der Waals surface area contributed by atoms with Gasteiger partial charge in [0.2, 0.25) is 0 Å². The Labute approximate surface area is 84.8 Å². The molecule has 3 nitrogen and oxygen atoms in total. The molecule has 0 aromatic heterocycles. The lowest BCUT2D eigenvalue weighted by atomic mass is 10.1. The first-order valence-electron chi connectivity index (χ1n) is 4.83. The standard InChI is InChI=1S/C11H17N3/c1-2-11(13)14-8-10-5-3-4-9(6-10)7-12/h3-6H,2,7-8,12H2,1H3,(H2,13,14). The Kier molecular flexibility index (Phi) is 4.13. The summed E-state index contributed by atoms with van der Waals surface area (Å²) < 4.78 is 0. The highest BCUT2D eigenvalue weighted by Gasteiger charge is 1.93. The van der Waals surface area contributed by atoms with E-state index < -0.39 is 0 Å². The van der Waals surface area contributed by atoms with Crippen LogP contribution in [0.3, 0.4) is 0 Å². The molecule has 0 bridgehead atoms. The van der Waals surface area contributed by atoms with E-state index in [9.17, 15) is 0 Å². The Hall–Kier alpha value is -1.35. The zero-order chi connectivity index (χ0) is 10.4. The summed E-state index contributed by atoms with van der Waals surface area (Å²) in [7, 11) is 0. The van der Waals surface area contributed by atoms with Crippen LogP contribution in [0.2, 0.25) is 0 Å². The van der Waals surface area contributed by atoms with Gasteiger partial charge in [0.15, 0.2) is 0 Å². The van der Waals surface area contributed by atoms with Crippen molar-refractivity contribution in [3.05, 3.63) is 35.4 Å². The molecule has 0 atom stereocenters. The van der Waals surface area contributed by atoms with Crippen molar-refractivity contribution >= 4 is 5.84 Å². The Morgan fingerprint density at radius 3 is 2.71 bits per heavy atom. The summed E-state index contributed by atoms with van der Waals surface area (Å²) in [4.78, 5) is 4.24. The molecule has 0 saturated heterocycles. The van der Waals surface area contributed by atoms with Crippen molar-refractivity contribution in [2.75, 3.05) is 0 Å². The van der Waals surface area contributed by atoms with Gasteiger partial charge in [-0.1, -0.05) is 31.2 Å². The van der Waals surface area contributed by atoms with E-state index in [-0.39, 0.29) is 0 Å². The Morgan fingerprint density at radius 1 is 1.36 bits per heavy atom. The number of nitrogens with zero attached hydrogens (tertiary/aromatic N) is 1. The fraction of sp³-hybridized carbons (Fsp3) is 0.364. The van der Waals surface area contributed by atoms with E-state index in [1.165, 1.54) is 0 Å². The first-order chi connectivity index (χ1) is 6.76. The molecule has 1 aromatic rings. The molecule has 1 rings (SSSR count). The van der Waals surface area contributed by atoms with Crippen molar-refractivity contribution in [2.45, 2.75) is 26.4 Å². The van der Waals surface area contributed by atoms with E-state index in [0.29, 0.717) is 18.9 Å². The molecule has 3 heteroatoms. The first-order valence-corrected chi connectivity index (χ1v) is 4.83. The fourth-order valence-electron chi connectivity index (χ4n) is 1.16. The lowest BCUT2D eigenvalue weighted by Gasteiger charge is -2.01. The number of hydrogen-bond acceptors (Lipinski definition) is 2. The number of rotatable bonds is 4. The second kappa shape index (κ2) is 5.40. The number of nitrogens with two attached hydrogens (primary N) is 2. The molecule has 0 saturated carbocycles. The minimum Gasteiger partial charge on any atom is -0.387 e. The third-order valence-electron chi connectivity index (χ3n) is 2.05. The fourth-order valence-corrected chi connectivity index (χ4v) is 1.16. The predicted octanol–water partition coefficient (Wildman–Crippen LogP) is 1.41. The van der Waals surface area contributed by atoms with Crippen LogP contribution in [0.25, 0.3) is 0 Å². The van der Waals surface area contributed by atoms with Gasteiger partial charge < -0.3 is 11.5 Å². The molecular weight excluding hydrogens is 174 g/mol. The van der Waals surface area contributed by atoms with E-state index in [4.69, 9.17) is 11.5 Å². The van der Waals surface area contributed by atoms with Crippen molar-refractivity contribution in [1.82, 2.24) is 0 Å². The van der Waals surface area contributed by atoms with Gasteiger partial charge in [0.05, 0.1) is 12.4 Å². The second-order valence-corrected chi connectivity index (χ2v) is 3.19. The van der Waals surface area contributed by atoms with Gasteiger partial charge in [-0.3, -0.25) is 4.99 Å². The number of hydrogen-bond donors (Lipinski definition) is 2. The molecule has 0 unspecified atom stereocenters. The molecule has 4 N–H and O–H groups in total. The van der Waals surface area contributed by atoms with Gasteiger partial charge in [0.1, 0.15) is 0 Å². The molecule has 0 aliphatic heterocycles. The molecule has 1 aromatic carbocycles. The summed E-state index contributed by atoms with van der Waals surface area (Å²) in [6.07, 6.45) is 0.802. The highest BCUT2D eigenvalue weighted by molar-refractivity contribution is 5.79. The summed E-state index contributed by atoms with van der Waals surface area (Å²) >= 11 is 0. The second-order valence-electron chi connectivity index (χ2n) is 3.19. The maximum absolute atomic E-state index is 5.62. The average molecular weight is 191 g/mol. The Balaban J connectivity index is 2.67. The maximum atomic E-state index is 5.62. The lowest BCUT2D eigenvalue weighted by Crippen LogP contribution is -2.09. The number of aliphatic imine (C=N–C) groups is 1. The molecule has 0 fully saturated rings. The highest BCUT2D eigenvalue weighted by atomic mass is 14.8. The molecule has 76 valence electrons. The van der Waals surface area contributed by atoms with E-state index in [1.54, 1.807) is 0 Å². The van der Waals surface area contributed by atoms with Gasteiger partial charge in [-0.25, -0.2) is 0 Å². The van der Waals surface area contributed by atoms with E-state index in [0.717, 1.165) is 17.5 Å². The van der Waals surface area contributed by atoms with Crippen LogP contribution in [0.5, 0.6) is 0 Å². The van der Waals surface area contributed by atoms with Crippen LogP contribution >= 0.6 is 0 Å². The predicted molar refractivity (Wildman–Crippen MR) is 60.0 cm³/mol. The SMILES string of the molecule is CCC(N)=NCc1cccc(CN)c1. The third kappa shape index (κ3) is 3.18. The van der Waals surface area contributed by atoms with Gasteiger partial charge in [0, 0.05) is 13.0 Å². The molecule has 14 heavy (non-hydrogen) atoms. The normalized spacial score (nSPS) is 11.7. The monoisotopic (exact) mass is 191 g/mol. The van der Waals surface area contributed by atoms with E-state index in [1.807, 2.05) is 25.1 Å². The van der Waals surface area contributed by atoms with Crippen LogP contribution in [0.1, 0.15) is 24.5 Å². The molecule has 0 aliphatic carbocycles. The van der Waals surface area contributed by atoms with Crippen LogP contribution in [0, 0.1) is 0 Å². The van der Waals surface area contributed by atoms with Crippen LogP contribution in [-0.4, -0.2) is 5.84 Å². The van der Waals surface area contributed by atoms with Crippen LogP contribution in [0.4, 0.5) is 0 Å². The van der Waals surface area contributed by atoms with E-state index in [2.05, 4.69) is 11.1 Å². The van der Waals surface area contributed by atoms with Gasteiger partial charge in [-0.15, -0.1) is 0 Å². The molecule has 0 amide bonds. The summed E-state index contributed by atoms with van der Waals surface area (Å²) in [5.41, 5.74) is 13.4. The Morgan fingerprint density at radius 2 is 2.07 bits per heavy atom.